The molecule has 0 spiro atoms. The maximum absolute atomic E-state index is 13.5. The molecule has 7 nitrogen and oxygen atoms in total. The number of carbonyl (C=O) groups excluding carboxylic acids is 1. The van der Waals surface area contributed by atoms with Gasteiger partial charge < -0.3 is 9.32 Å². The highest BCUT2D eigenvalue weighted by atomic mass is 16.3. The lowest BCUT2D eigenvalue weighted by molar-refractivity contribution is -0.132. The van der Waals surface area contributed by atoms with Crippen LogP contribution in [0.5, 0.6) is 0 Å². The van der Waals surface area contributed by atoms with Crippen molar-refractivity contribution in [3.63, 3.8) is 0 Å². The number of nitrogens with zero attached hydrogens (tertiary/aromatic N) is 3. The molecule has 4 aromatic rings. The highest BCUT2D eigenvalue weighted by Gasteiger charge is 2.24. The van der Waals surface area contributed by atoms with Gasteiger partial charge in [0.05, 0.1) is 5.69 Å². The number of amides is 1. The molecule has 0 atom stereocenters. The monoisotopic (exact) mass is 403 g/mol. The normalized spacial score (nSPS) is 14.5. The molecule has 0 radical (unpaired) electrons. The lowest BCUT2D eigenvalue weighted by atomic mass is 10.1. The van der Waals surface area contributed by atoms with Crippen molar-refractivity contribution in [2.24, 2.45) is 0 Å². The Balaban J connectivity index is 1.77. The zero-order valence-electron chi connectivity index (χ0n) is 16.4. The molecule has 0 aliphatic carbocycles. The lowest BCUT2D eigenvalue weighted by Gasteiger charge is -2.27. The van der Waals surface area contributed by atoms with E-state index < -0.39 is 11.2 Å². The molecule has 1 amide bonds. The average Bonchev–Trinajstić information content (AvgIpc) is 3.18. The fourth-order valence-electron chi connectivity index (χ4n) is 4.18. The van der Waals surface area contributed by atoms with E-state index in [1.807, 2.05) is 18.2 Å². The molecule has 30 heavy (non-hydrogen) atoms. The van der Waals surface area contributed by atoms with Crippen LogP contribution in [0.25, 0.3) is 27.8 Å². The van der Waals surface area contributed by atoms with Crippen molar-refractivity contribution in [3.05, 3.63) is 75.4 Å². The fourth-order valence-corrected chi connectivity index (χ4v) is 4.18. The Kier molecular flexibility index (Phi) is 4.50. The van der Waals surface area contributed by atoms with Crippen LogP contribution in [0, 0.1) is 0 Å². The summed E-state index contributed by atoms with van der Waals surface area (Å²) in [6, 6.07) is 15.9. The molecule has 0 N–H and O–H groups in total. The number of hydrogen-bond acceptors (Lipinski definition) is 4. The van der Waals surface area contributed by atoms with Crippen LogP contribution in [0.1, 0.15) is 19.3 Å². The third-order valence-corrected chi connectivity index (χ3v) is 5.68. The van der Waals surface area contributed by atoms with Crippen LogP contribution in [0.4, 0.5) is 0 Å². The van der Waals surface area contributed by atoms with Crippen molar-refractivity contribution in [2.45, 2.75) is 25.8 Å². The van der Waals surface area contributed by atoms with Crippen LogP contribution in [0.15, 0.2) is 68.6 Å². The molecule has 1 aliphatic rings. The summed E-state index contributed by atoms with van der Waals surface area (Å²) in [5, 5.41) is 0.647. The Bertz CT molecular complexity index is 1360. The van der Waals surface area contributed by atoms with Gasteiger partial charge in [0.1, 0.15) is 17.6 Å². The number of carbonyl (C=O) groups is 1. The van der Waals surface area contributed by atoms with Crippen LogP contribution >= 0.6 is 0 Å². The molecule has 1 fully saturated rings. The van der Waals surface area contributed by atoms with Gasteiger partial charge in [0.15, 0.2) is 0 Å². The molecule has 1 saturated heterocycles. The number of hydrogen-bond donors (Lipinski definition) is 0. The lowest BCUT2D eigenvalue weighted by Crippen LogP contribution is -2.43. The van der Waals surface area contributed by atoms with E-state index in [4.69, 9.17) is 4.42 Å². The van der Waals surface area contributed by atoms with Crippen molar-refractivity contribution >= 4 is 28.0 Å². The summed E-state index contributed by atoms with van der Waals surface area (Å²) in [7, 11) is 0. The molecule has 7 heteroatoms. The minimum atomic E-state index is -0.546. The van der Waals surface area contributed by atoms with E-state index in [0.717, 1.165) is 23.8 Å². The molecule has 152 valence electrons. The summed E-state index contributed by atoms with van der Waals surface area (Å²) in [6.07, 6.45) is 3.04. The predicted molar refractivity (Wildman–Crippen MR) is 114 cm³/mol. The number of aromatic nitrogens is 2. The van der Waals surface area contributed by atoms with Crippen LogP contribution in [-0.2, 0) is 11.3 Å². The number of furan rings is 1. The summed E-state index contributed by atoms with van der Waals surface area (Å²) in [5.41, 5.74) is 0.321. The summed E-state index contributed by atoms with van der Waals surface area (Å²) < 4.78 is 8.31. The summed E-state index contributed by atoms with van der Waals surface area (Å²) in [6.45, 7) is 1.26. The van der Waals surface area contributed by atoms with Crippen LogP contribution in [-0.4, -0.2) is 33.0 Å². The summed E-state index contributed by atoms with van der Waals surface area (Å²) >= 11 is 0. The molecule has 0 saturated carbocycles. The Labute approximate surface area is 171 Å². The number of benzene rings is 2. The van der Waals surface area contributed by atoms with E-state index in [0.29, 0.717) is 35.3 Å². The highest BCUT2D eigenvalue weighted by molar-refractivity contribution is 6.02. The van der Waals surface area contributed by atoms with E-state index in [1.165, 1.54) is 4.57 Å². The third kappa shape index (κ3) is 2.94. The molecule has 2 aromatic carbocycles. The first kappa shape index (κ1) is 18.4. The largest absolute Gasteiger partial charge is 0.449 e. The number of likely N-dealkylation sites (tertiary alicyclic amines) is 1. The first-order valence-electron chi connectivity index (χ1n) is 10.2. The molecule has 2 aromatic heterocycles. The molecular formula is C23H21N3O4. The van der Waals surface area contributed by atoms with Gasteiger partial charge in [-0.05, 0) is 43.5 Å². The third-order valence-electron chi connectivity index (χ3n) is 5.68. The first-order chi connectivity index (χ1) is 14.6. The van der Waals surface area contributed by atoms with E-state index >= 15 is 0 Å². The smallest absolute Gasteiger partial charge is 0.336 e. The van der Waals surface area contributed by atoms with E-state index in [2.05, 4.69) is 0 Å². The highest BCUT2D eigenvalue weighted by Crippen LogP contribution is 2.26. The van der Waals surface area contributed by atoms with Crippen molar-refractivity contribution in [2.75, 3.05) is 13.1 Å². The van der Waals surface area contributed by atoms with Gasteiger partial charge in [-0.25, -0.2) is 9.36 Å². The van der Waals surface area contributed by atoms with E-state index in [1.54, 1.807) is 41.3 Å². The van der Waals surface area contributed by atoms with E-state index in [9.17, 15) is 14.4 Å². The van der Waals surface area contributed by atoms with Gasteiger partial charge in [0.25, 0.3) is 0 Å². The van der Waals surface area contributed by atoms with Gasteiger partial charge in [0.2, 0.25) is 11.5 Å². The van der Waals surface area contributed by atoms with Crippen molar-refractivity contribution in [1.29, 1.82) is 0 Å². The van der Waals surface area contributed by atoms with Gasteiger partial charge >= 0.3 is 11.2 Å². The van der Waals surface area contributed by atoms with Gasteiger partial charge in [-0.1, -0.05) is 30.3 Å². The predicted octanol–water partition coefficient (Wildman–Crippen LogP) is 2.91. The van der Waals surface area contributed by atoms with Gasteiger partial charge in [-0.15, -0.1) is 0 Å². The molecule has 0 unspecified atom stereocenters. The van der Waals surface area contributed by atoms with Crippen molar-refractivity contribution in [1.82, 2.24) is 14.0 Å². The number of para-hydroxylation sites is 2. The van der Waals surface area contributed by atoms with Gasteiger partial charge in [-0.2, -0.15) is 0 Å². The molecular weight excluding hydrogens is 382 g/mol. The Morgan fingerprint density at radius 3 is 2.37 bits per heavy atom. The Hall–Kier alpha value is -3.61. The maximum atomic E-state index is 13.5. The minimum absolute atomic E-state index is 0.0751. The average molecular weight is 403 g/mol. The van der Waals surface area contributed by atoms with Crippen LogP contribution in [0.2, 0.25) is 0 Å². The topological polar surface area (TPSA) is 77.5 Å². The number of piperidine rings is 1. The Morgan fingerprint density at radius 2 is 1.60 bits per heavy atom. The second-order valence-electron chi connectivity index (χ2n) is 7.56. The quantitative estimate of drug-likeness (QED) is 0.527. The summed E-state index contributed by atoms with van der Waals surface area (Å²) in [4.78, 5) is 41.5. The second kappa shape index (κ2) is 7.33. The second-order valence-corrected chi connectivity index (χ2v) is 7.56. The Morgan fingerprint density at radius 1 is 0.900 bits per heavy atom. The number of rotatable bonds is 3. The minimum Gasteiger partial charge on any atom is -0.449 e. The SMILES string of the molecule is O=C(Cn1c(=O)n(-c2ccccc2)c(=O)c2oc3ccccc3c21)N1CCCCC1. The van der Waals surface area contributed by atoms with Crippen LogP contribution in [0.3, 0.4) is 0 Å². The van der Waals surface area contributed by atoms with E-state index in [-0.39, 0.29) is 18.0 Å². The molecule has 0 bridgehead atoms. The van der Waals surface area contributed by atoms with Gasteiger partial charge in [-0.3, -0.25) is 14.2 Å². The fraction of sp³-hybridized carbons (Fsp3) is 0.261. The molecule has 3 heterocycles. The van der Waals surface area contributed by atoms with Crippen LogP contribution < -0.4 is 11.2 Å². The summed E-state index contributed by atoms with van der Waals surface area (Å²) in [5.74, 6) is -0.123. The van der Waals surface area contributed by atoms with Crippen molar-refractivity contribution in [3.8, 4) is 5.69 Å². The number of fused-ring (bicyclic) bond motifs is 3. The molecule has 5 rings (SSSR count). The maximum Gasteiger partial charge on any atom is 0.336 e. The zero-order chi connectivity index (χ0) is 20.7. The van der Waals surface area contributed by atoms with Gasteiger partial charge in [0, 0.05) is 18.5 Å². The first-order valence-corrected chi connectivity index (χ1v) is 10.2. The standard InChI is InChI=1S/C23H21N3O4/c27-19(24-13-7-2-8-14-24)15-25-20-17-11-5-6-12-18(17)30-21(20)22(28)26(23(25)29)16-9-3-1-4-10-16/h1,3-6,9-12H,2,7-8,13-15H2. The molecule has 1 aliphatic heterocycles. The van der Waals surface area contributed by atoms with Crippen molar-refractivity contribution < 1.29 is 9.21 Å². The zero-order valence-corrected chi connectivity index (χ0v) is 16.4.